The van der Waals surface area contributed by atoms with Crippen LogP contribution in [0.3, 0.4) is 0 Å². The molecule has 1 aromatic carbocycles. The lowest BCUT2D eigenvalue weighted by molar-refractivity contribution is -0.0127. The van der Waals surface area contributed by atoms with Crippen molar-refractivity contribution in [2.45, 2.75) is 70.6 Å². The molecule has 112 valence electrons. The van der Waals surface area contributed by atoms with Crippen molar-refractivity contribution in [2.75, 3.05) is 6.61 Å². The summed E-state index contributed by atoms with van der Waals surface area (Å²) in [4.78, 5) is 0. The first kappa shape index (κ1) is 15.5. The van der Waals surface area contributed by atoms with Gasteiger partial charge in [-0.1, -0.05) is 56.5 Å². The molecule has 1 aromatic rings. The van der Waals surface area contributed by atoms with E-state index in [4.69, 9.17) is 4.74 Å². The fraction of sp³-hybridized carbons (Fsp3) is 0.667. The molecular weight excluding hydrogens is 246 g/mol. The summed E-state index contributed by atoms with van der Waals surface area (Å²) in [6.07, 6.45) is 8.01. The predicted molar refractivity (Wildman–Crippen MR) is 84.9 cm³/mol. The van der Waals surface area contributed by atoms with Crippen LogP contribution in [0.25, 0.3) is 0 Å². The fourth-order valence-corrected chi connectivity index (χ4v) is 2.99. The first-order valence-electron chi connectivity index (χ1n) is 8.26. The van der Waals surface area contributed by atoms with Gasteiger partial charge in [0.1, 0.15) is 0 Å². The van der Waals surface area contributed by atoms with E-state index in [0.717, 1.165) is 6.61 Å². The smallest absolute Gasteiger partial charge is 0.0604 e. The van der Waals surface area contributed by atoms with E-state index in [9.17, 15) is 0 Å². The highest BCUT2D eigenvalue weighted by molar-refractivity contribution is 5.19. The Labute approximate surface area is 123 Å². The molecule has 0 saturated heterocycles. The summed E-state index contributed by atoms with van der Waals surface area (Å²) in [6, 6.07) is 12.0. The first-order chi connectivity index (χ1) is 9.83. The van der Waals surface area contributed by atoms with Crippen molar-refractivity contribution in [3.63, 3.8) is 0 Å². The van der Waals surface area contributed by atoms with Gasteiger partial charge in [0.2, 0.25) is 0 Å². The highest BCUT2D eigenvalue weighted by Crippen LogP contribution is 2.28. The molecule has 1 saturated carbocycles. The van der Waals surface area contributed by atoms with Gasteiger partial charge in [0, 0.05) is 18.7 Å². The van der Waals surface area contributed by atoms with Crippen LogP contribution in [0.2, 0.25) is 0 Å². The Morgan fingerprint density at radius 1 is 1.15 bits per heavy atom. The van der Waals surface area contributed by atoms with E-state index in [1.807, 2.05) is 0 Å². The summed E-state index contributed by atoms with van der Waals surface area (Å²) >= 11 is 0. The zero-order valence-electron chi connectivity index (χ0n) is 13.0. The van der Waals surface area contributed by atoms with Gasteiger partial charge in [0.05, 0.1) is 6.10 Å². The molecule has 0 bridgehead atoms. The largest absolute Gasteiger partial charge is 0.378 e. The third-order valence-corrected chi connectivity index (χ3v) is 4.23. The lowest BCUT2D eigenvalue weighted by Crippen LogP contribution is -2.46. The van der Waals surface area contributed by atoms with Crippen LogP contribution >= 0.6 is 0 Å². The second-order valence-corrected chi connectivity index (χ2v) is 5.87. The van der Waals surface area contributed by atoms with Gasteiger partial charge in [-0.25, -0.2) is 0 Å². The molecule has 2 nitrogen and oxygen atoms in total. The van der Waals surface area contributed by atoms with E-state index in [1.54, 1.807) is 0 Å². The quantitative estimate of drug-likeness (QED) is 0.672. The second kappa shape index (κ2) is 8.43. The number of hydrogen-bond donors (Lipinski definition) is 1. The van der Waals surface area contributed by atoms with E-state index in [0.29, 0.717) is 18.2 Å². The van der Waals surface area contributed by atoms with Gasteiger partial charge in [-0.05, 0) is 31.7 Å². The Bertz CT molecular complexity index is 359. The minimum absolute atomic E-state index is 0.490. The minimum Gasteiger partial charge on any atom is -0.378 e. The van der Waals surface area contributed by atoms with Gasteiger partial charge in [-0.15, -0.1) is 0 Å². The van der Waals surface area contributed by atoms with Crippen molar-refractivity contribution < 1.29 is 4.74 Å². The highest BCUT2D eigenvalue weighted by atomic mass is 16.5. The Balaban J connectivity index is 1.84. The molecule has 1 N–H and O–H groups in total. The lowest BCUT2D eigenvalue weighted by atomic mass is 9.87. The zero-order valence-corrected chi connectivity index (χ0v) is 13.0. The molecule has 2 rings (SSSR count). The molecule has 0 aliphatic heterocycles. The number of nitrogens with one attached hydrogen (secondary N) is 1. The average molecular weight is 275 g/mol. The first-order valence-corrected chi connectivity index (χ1v) is 8.26. The molecule has 20 heavy (non-hydrogen) atoms. The lowest BCUT2D eigenvalue weighted by Gasteiger charge is -2.38. The topological polar surface area (TPSA) is 21.3 Å². The van der Waals surface area contributed by atoms with Gasteiger partial charge in [-0.3, -0.25) is 0 Å². The monoisotopic (exact) mass is 275 g/mol. The predicted octanol–water partition coefficient (Wildman–Crippen LogP) is 4.47. The molecule has 1 aliphatic carbocycles. The van der Waals surface area contributed by atoms with Gasteiger partial charge >= 0.3 is 0 Å². The van der Waals surface area contributed by atoms with Crippen molar-refractivity contribution >= 4 is 0 Å². The molecule has 1 atom stereocenters. The summed E-state index contributed by atoms with van der Waals surface area (Å²) in [5, 5.41) is 3.84. The van der Waals surface area contributed by atoms with Gasteiger partial charge < -0.3 is 10.1 Å². The molecule has 1 fully saturated rings. The van der Waals surface area contributed by atoms with E-state index >= 15 is 0 Å². The van der Waals surface area contributed by atoms with E-state index in [1.165, 1.54) is 44.1 Å². The van der Waals surface area contributed by atoms with Crippen LogP contribution in [-0.4, -0.2) is 18.8 Å². The Hall–Kier alpha value is -0.860. The normalized spacial score (nSPS) is 23.3. The third kappa shape index (κ3) is 4.60. The van der Waals surface area contributed by atoms with Crippen molar-refractivity contribution in [3.05, 3.63) is 35.9 Å². The van der Waals surface area contributed by atoms with Crippen LogP contribution in [0.4, 0.5) is 0 Å². The van der Waals surface area contributed by atoms with Crippen LogP contribution < -0.4 is 5.32 Å². The van der Waals surface area contributed by atoms with Gasteiger partial charge in [-0.2, -0.15) is 0 Å². The molecule has 0 radical (unpaired) electrons. The number of hydrogen-bond acceptors (Lipinski definition) is 2. The SMILES string of the molecule is CCCCCC(NC1CC(OCC)C1)c1ccccc1. The molecule has 2 heteroatoms. The van der Waals surface area contributed by atoms with Crippen molar-refractivity contribution in [1.29, 1.82) is 0 Å². The zero-order chi connectivity index (χ0) is 14.2. The maximum absolute atomic E-state index is 5.65. The fourth-order valence-electron chi connectivity index (χ4n) is 2.99. The van der Waals surface area contributed by atoms with Crippen molar-refractivity contribution in [3.8, 4) is 0 Å². The van der Waals surface area contributed by atoms with Crippen LogP contribution in [0, 0.1) is 0 Å². The summed E-state index contributed by atoms with van der Waals surface area (Å²) in [6.45, 7) is 5.19. The highest BCUT2D eigenvalue weighted by Gasteiger charge is 2.31. The molecule has 0 aromatic heterocycles. The minimum atomic E-state index is 0.490. The maximum Gasteiger partial charge on any atom is 0.0604 e. The maximum atomic E-state index is 5.65. The number of ether oxygens (including phenoxy) is 1. The summed E-state index contributed by atoms with van der Waals surface area (Å²) in [5.74, 6) is 0. The summed E-state index contributed by atoms with van der Waals surface area (Å²) in [7, 11) is 0. The Morgan fingerprint density at radius 3 is 2.55 bits per heavy atom. The van der Waals surface area contributed by atoms with E-state index in [-0.39, 0.29) is 0 Å². The number of unbranched alkanes of at least 4 members (excludes halogenated alkanes) is 2. The average Bonchev–Trinajstić information content (AvgIpc) is 2.44. The summed E-state index contributed by atoms with van der Waals surface area (Å²) < 4.78 is 5.65. The van der Waals surface area contributed by atoms with Gasteiger partial charge in [0.25, 0.3) is 0 Å². The van der Waals surface area contributed by atoms with Crippen LogP contribution in [-0.2, 0) is 4.74 Å². The molecular formula is C18H29NO. The second-order valence-electron chi connectivity index (χ2n) is 5.87. The van der Waals surface area contributed by atoms with Gasteiger partial charge in [0.15, 0.2) is 0 Å². The Morgan fingerprint density at radius 2 is 1.90 bits per heavy atom. The van der Waals surface area contributed by atoms with E-state index in [2.05, 4.69) is 49.5 Å². The number of rotatable bonds is 9. The van der Waals surface area contributed by atoms with Crippen LogP contribution in [0.15, 0.2) is 30.3 Å². The third-order valence-electron chi connectivity index (χ3n) is 4.23. The molecule has 0 amide bonds. The molecule has 0 heterocycles. The van der Waals surface area contributed by atoms with Crippen LogP contribution in [0.1, 0.15) is 64.0 Å². The molecule has 1 unspecified atom stereocenters. The summed E-state index contributed by atoms with van der Waals surface area (Å²) in [5.41, 5.74) is 1.43. The molecule has 0 spiro atoms. The van der Waals surface area contributed by atoms with E-state index < -0.39 is 0 Å². The standard InChI is InChI=1S/C18H29NO/c1-3-5-7-12-18(15-10-8-6-9-11-15)19-16-13-17(14-16)20-4-2/h6,8-11,16-19H,3-5,7,12-14H2,1-2H3. The molecule has 1 aliphatic rings. The van der Waals surface area contributed by atoms with Crippen molar-refractivity contribution in [2.24, 2.45) is 0 Å². The number of benzene rings is 1. The van der Waals surface area contributed by atoms with Crippen LogP contribution in [0.5, 0.6) is 0 Å². The van der Waals surface area contributed by atoms with Crippen molar-refractivity contribution in [1.82, 2.24) is 5.32 Å². The Kier molecular flexibility index (Phi) is 6.55.